The summed E-state index contributed by atoms with van der Waals surface area (Å²) in [5.41, 5.74) is 0.330. The van der Waals surface area contributed by atoms with E-state index in [-0.39, 0.29) is 30.5 Å². The molecule has 0 spiro atoms. The molecule has 0 saturated carbocycles. The van der Waals surface area contributed by atoms with Crippen LogP contribution in [0.2, 0.25) is 0 Å². The smallest absolute Gasteiger partial charge is 0.367 e. The highest BCUT2D eigenvalue weighted by molar-refractivity contribution is 5.77. The average Bonchev–Trinajstić information content (AvgIpc) is 3.60. The maximum Gasteiger partial charge on any atom is 0.367 e. The first kappa shape index (κ1) is 40.0. The number of benzene rings is 3. The summed E-state index contributed by atoms with van der Waals surface area (Å²) in [6.07, 6.45) is -1.51. The summed E-state index contributed by atoms with van der Waals surface area (Å²) < 4.78 is 31.9. The minimum Gasteiger partial charge on any atom is -0.497 e. The second kappa shape index (κ2) is 17.7. The Morgan fingerprint density at radius 2 is 1.35 bits per heavy atom. The number of methoxy groups -OCH3 is 2. The summed E-state index contributed by atoms with van der Waals surface area (Å²) in [6, 6.07) is 24.8. The fourth-order valence-electron chi connectivity index (χ4n) is 6.78. The van der Waals surface area contributed by atoms with Gasteiger partial charge >= 0.3 is 17.6 Å². The first-order valence-corrected chi connectivity index (χ1v) is 18.2. The number of nitrogens with zero attached hydrogens (tertiary/aromatic N) is 2. The van der Waals surface area contributed by atoms with Gasteiger partial charge in [0.05, 0.1) is 33.7 Å². The Balaban J connectivity index is 1.49. The van der Waals surface area contributed by atoms with Gasteiger partial charge in [0.1, 0.15) is 55.2 Å². The Kier molecular flexibility index (Phi) is 13.1. The Bertz CT molecular complexity index is 1920. The number of carbonyl (C=O) groups excluding carboxylic acids is 2. The largest absolute Gasteiger partial charge is 0.497 e. The van der Waals surface area contributed by atoms with Crippen LogP contribution in [-0.4, -0.2) is 78.8 Å². The first-order chi connectivity index (χ1) is 26.0. The van der Waals surface area contributed by atoms with Gasteiger partial charge in [-0.05, 0) is 68.7 Å². The molecule has 1 aliphatic heterocycles. The van der Waals surface area contributed by atoms with Crippen molar-refractivity contribution >= 4 is 11.9 Å². The Morgan fingerprint density at radius 3 is 1.89 bits per heavy atom. The van der Waals surface area contributed by atoms with E-state index in [2.05, 4.69) is 4.98 Å². The minimum atomic E-state index is -1.20. The number of H-pyrrole nitrogens is 1. The average molecular weight is 745 g/mol. The van der Waals surface area contributed by atoms with Crippen LogP contribution in [0, 0.1) is 6.92 Å². The normalized spacial score (nSPS) is 17.2. The number of hydrogen-bond donors (Lipinski definition) is 1. The molecule has 3 atom stereocenters. The van der Waals surface area contributed by atoms with Crippen LogP contribution in [0.1, 0.15) is 68.5 Å². The second-order valence-corrected chi connectivity index (χ2v) is 13.2. The lowest BCUT2D eigenvalue weighted by Gasteiger charge is -2.37. The minimum absolute atomic E-state index is 0.0838. The molecule has 4 aromatic rings. The van der Waals surface area contributed by atoms with E-state index in [9.17, 15) is 19.2 Å². The van der Waals surface area contributed by atoms with E-state index in [1.807, 2.05) is 99.6 Å². The van der Waals surface area contributed by atoms with E-state index in [0.717, 1.165) is 16.7 Å². The van der Waals surface area contributed by atoms with E-state index in [1.165, 1.54) is 10.8 Å². The molecule has 13 heteroatoms. The predicted molar refractivity (Wildman–Crippen MR) is 200 cm³/mol. The van der Waals surface area contributed by atoms with Crippen molar-refractivity contribution in [3.8, 4) is 11.5 Å². The molecule has 54 heavy (non-hydrogen) atoms. The number of carbonyl (C=O) groups is 2. The Morgan fingerprint density at radius 1 is 0.815 bits per heavy atom. The SMILES string of the molecule is CC[N+](CC)(CC)OC(=O)CCC(=O)O[C@H]1C[C@H](n2cc(C)c(=O)[nH]c2=O)O[C@@H]1COC(c1ccccc1)(c1ccc(OC)cc1)c1ccc(OC)cc1. The maximum atomic E-state index is 13.3. The van der Waals surface area contributed by atoms with Gasteiger partial charge in [0, 0.05) is 18.2 Å². The summed E-state index contributed by atoms with van der Waals surface area (Å²) in [4.78, 5) is 59.4. The molecule has 5 rings (SSSR count). The van der Waals surface area contributed by atoms with Gasteiger partial charge in [0.2, 0.25) is 0 Å². The number of esters is 1. The van der Waals surface area contributed by atoms with Crippen molar-refractivity contribution in [3.63, 3.8) is 0 Å². The number of nitrogens with one attached hydrogen (secondary N) is 1. The summed E-state index contributed by atoms with van der Waals surface area (Å²) in [5, 5.41) is 0. The first-order valence-electron chi connectivity index (χ1n) is 18.2. The molecule has 1 saturated heterocycles. The molecule has 288 valence electrons. The highest BCUT2D eigenvalue weighted by Crippen LogP contribution is 2.43. The monoisotopic (exact) mass is 744 g/mol. The van der Waals surface area contributed by atoms with Gasteiger partial charge in [0.15, 0.2) is 0 Å². The van der Waals surface area contributed by atoms with E-state index in [4.69, 9.17) is 28.5 Å². The van der Waals surface area contributed by atoms with Crippen molar-refractivity contribution in [2.24, 2.45) is 0 Å². The number of hydrogen-bond acceptors (Lipinski definition) is 10. The quantitative estimate of drug-likeness (QED) is 0.0665. The summed E-state index contributed by atoms with van der Waals surface area (Å²) in [5.74, 6) is 0.204. The molecule has 0 unspecified atom stereocenters. The Hall–Kier alpha value is -5.24. The zero-order valence-corrected chi connectivity index (χ0v) is 31.7. The molecule has 1 aliphatic rings. The van der Waals surface area contributed by atoms with Crippen molar-refractivity contribution < 1.29 is 42.8 Å². The molecule has 1 aromatic heterocycles. The highest BCUT2D eigenvalue weighted by Gasteiger charge is 2.44. The van der Waals surface area contributed by atoms with Gasteiger partial charge in [-0.15, -0.1) is 4.65 Å². The van der Waals surface area contributed by atoms with Crippen LogP contribution in [0.15, 0.2) is 94.6 Å². The van der Waals surface area contributed by atoms with Crippen molar-refractivity contribution in [2.75, 3.05) is 40.5 Å². The van der Waals surface area contributed by atoms with Crippen LogP contribution >= 0.6 is 0 Å². The van der Waals surface area contributed by atoms with Crippen molar-refractivity contribution in [3.05, 3.63) is 128 Å². The molecule has 0 aliphatic carbocycles. The molecule has 1 N–H and O–H groups in total. The van der Waals surface area contributed by atoms with E-state index >= 15 is 0 Å². The van der Waals surface area contributed by atoms with Crippen LogP contribution in [0.4, 0.5) is 0 Å². The van der Waals surface area contributed by atoms with Crippen molar-refractivity contribution in [1.82, 2.24) is 9.55 Å². The third kappa shape index (κ3) is 8.75. The molecular formula is C41H50N3O10+. The lowest BCUT2D eigenvalue weighted by atomic mass is 9.80. The van der Waals surface area contributed by atoms with Gasteiger partial charge in [-0.2, -0.15) is 0 Å². The Labute approximate surface area is 314 Å². The predicted octanol–water partition coefficient (Wildman–Crippen LogP) is 5.19. The standard InChI is InChI=1S/C41H49N3O10/c1-7-44(8-2,9-3)54-38(46)24-23-37(45)53-34-25-36(43-26-28(4)39(47)42-40(43)48)52-35(34)27-51-41(29-13-11-10-12-14-29,30-15-19-32(49-5)20-16-30)31-17-21-33(50-6)22-18-31/h10-22,26,34-36H,7-9,23-25,27H2,1-6H3/p+1/t34-,35+,36+/m0/s1. The van der Waals surface area contributed by atoms with Gasteiger partial charge in [-0.25, -0.2) is 9.59 Å². The van der Waals surface area contributed by atoms with Gasteiger partial charge < -0.3 is 23.7 Å². The van der Waals surface area contributed by atoms with Gasteiger partial charge in [-0.3, -0.25) is 24.0 Å². The summed E-state index contributed by atoms with van der Waals surface area (Å²) in [7, 11) is 3.20. The summed E-state index contributed by atoms with van der Waals surface area (Å²) >= 11 is 0. The molecule has 3 aromatic carbocycles. The highest BCUT2D eigenvalue weighted by atomic mass is 16.7. The topological polar surface area (TPSA) is 144 Å². The zero-order valence-electron chi connectivity index (χ0n) is 31.7. The van der Waals surface area contributed by atoms with Crippen molar-refractivity contribution in [2.45, 2.75) is 71.0 Å². The number of rotatable bonds is 17. The van der Waals surface area contributed by atoms with Crippen LogP contribution in [0.25, 0.3) is 0 Å². The second-order valence-electron chi connectivity index (χ2n) is 13.2. The van der Waals surface area contributed by atoms with Crippen LogP contribution < -0.4 is 20.7 Å². The number of aromatic amines is 1. The molecule has 0 amide bonds. The number of aryl methyl sites for hydroxylation is 1. The number of ether oxygens (including phenoxy) is 5. The zero-order chi connectivity index (χ0) is 38.9. The third-order valence-electron chi connectivity index (χ3n) is 10.1. The van der Waals surface area contributed by atoms with Crippen molar-refractivity contribution in [1.29, 1.82) is 0 Å². The van der Waals surface area contributed by atoms with E-state index in [1.54, 1.807) is 21.1 Å². The van der Waals surface area contributed by atoms with E-state index < -0.39 is 47.2 Å². The van der Waals surface area contributed by atoms with Crippen LogP contribution in [-0.2, 0) is 34.2 Å². The number of hydroxylamine groups is 3. The molecule has 0 bridgehead atoms. The third-order valence-corrected chi connectivity index (χ3v) is 10.1. The maximum absolute atomic E-state index is 13.3. The molecule has 1 fully saturated rings. The number of quaternary nitrogens is 1. The number of aromatic nitrogens is 2. The van der Waals surface area contributed by atoms with E-state index in [0.29, 0.717) is 36.7 Å². The van der Waals surface area contributed by atoms with Crippen LogP contribution in [0.3, 0.4) is 0 Å². The lowest BCUT2D eigenvalue weighted by Crippen LogP contribution is -2.48. The molecular weight excluding hydrogens is 694 g/mol. The molecule has 13 nitrogen and oxygen atoms in total. The summed E-state index contributed by atoms with van der Waals surface area (Å²) in [6.45, 7) is 9.13. The molecule has 0 radical (unpaired) electrons. The molecule has 2 heterocycles. The fourth-order valence-corrected chi connectivity index (χ4v) is 6.78. The van der Waals surface area contributed by atoms with Crippen LogP contribution in [0.5, 0.6) is 11.5 Å². The van der Waals surface area contributed by atoms with Gasteiger partial charge in [0.25, 0.3) is 5.56 Å². The fraction of sp³-hybridized carbons (Fsp3) is 0.415. The van der Waals surface area contributed by atoms with Gasteiger partial charge in [-0.1, -0.05) is 54.6 Å². The lowest BCUT2D eigenvalue weighted by molar-refractivity contribution is -1.09.